The van der Waals surface area contributed by atoms with Gasteiger partial charge in [-0.3, -0.25) is 0 Å². The third-order valence-electron chi connectivity index (χ3n) is 3.59. The van der Waals surface area contributed by atoms with E-state index >= 15 is 0 Å². The minimum absolute atomic E-state index is 0.235. The van der Waals surface area contributed by atoms with Gasteiger partial charge in [0.15, 0.2) is 5.11 Å². The van der Waals surface area contributed by atoms with Gasteiger partial charge in [-0.2, -0.15) is 0 Å². The second-order valence-electron chi connectivity index (χ2n) is 6.55. The van der Waals surface area contributed by atoms with E-state index in [-0.39, 0.29) is 5.82 Å². The van der Waals surface area contributed by atoms with Crippen molar-refractivity contribution in [1.82, 2.24) is 4.90 Å². The molecular formula is C17H31FN4S+2. The van der Waals surface area contributed by atoms with E-state index in [1.165, 1.54) is 21.9 Å². The molecule has 0 amide bonds. The zero-order valence-electron chi connectivity index (χ0n) is 14.8. The summed E-state index contributed by atoms with van der Waals surface area (Å²) >= 11 is 5.56. The molecule has 23 heavy (non-hydrogen) atoms. The van der Waals surface area contributed by atoms with Gasteiger partial charge in [0.1, 0.15) is 5.82 Å². The maximum atomic E-state index is 13.0. The first-order valence-electron chi connectivity index (χ1n) is 8.28. The highest BCUT2D eigenvalue weighted by Crippen LogP contribution is 2.10. The molecule has 1 aromatic rings. The number of nitrogens with zero attached hydrogens (tertiary/aromatic N) is 1. The van der Waals surface area contributed by atoms with E-state index in [1.54, 1.807) is 12.1 Å². The van der Waals surface area contributed by atoms with Crippen LogP contribution in [-0.4, -0.2) is 64.4 Å². The van der Waals surface area contributed by atoms with E-state index in [2.05, 4.69) is 38.4 Å². The van der Waals surface area contributed by atoms with Crippen molar-refractivity contribution in [1.29, 1.82) is 0 Å². The molecule has 4 nitrogen and oxygen atoms in total. The second-order valence-corrected chi connectivity index (χ2v) is 6.93. The van der Waals surface area contributed by atoms with Crippen LogP contribution in [0.2, 0.25) is 0 Å². The van der Waals surface area contributed by atoms with E-state index in [0.717, 1.165) is 49.8 Å². The monoisotopic (exact) mass is 342 g/mol. The predicted molar refractivity (Wildman–Crippen MR) is 98.8 cm³/mol. The molecule has 0 saturated heterocycles. The number of hydrogen-bond donors (Lipinski definition) is 3. The van der Waals surface area contributed by atoms with Gasteiger partial charge in [-0.1, -0.05) is 0 Å². The Morgan fingerprint density at radius 1 is 1.00 bits per heavy atom. The van der Waals surface area contributed by atoms with E-state index in [4.69, 9.17) is 12.2 Å². The zero-order chi connectivity index (χ0) is 17.2. The molecule has 1 rings (SSSR count). The fourth-order valence-electron chi connectivity index (χ4n) is 2.30. The topological polar surface area (TPSA) is 24.1 Å². The molecule has 0 aliphatic heterocycles. The Hall–Kier alpha value is -1.24. The van der Waals surface area contributed by atoms with Crippen molar-refractivity contribution in [2.75, 3.05) is 59.7 Å². The Morgan fingerprint density at radius 2 is 1.48 bits per heavy atom. The molecule has 6 heteroatoms. The molecule has 130 valence electrons. The molecule has 0 aliphatic carbocycles. The highest BCUT2D eigenvalue weighted by atomic mass is 32.1. The lowest BCUT2D eigenvalue weighted by Crippen LogP contribution is -3.05. The Bertz CT molecular complexity index is 448. The van der Waals surface area contributed by atoms with Crippen LogP contribution in [0, 0.1) is 5.82 Å². The van der Waals surface area contributed by atoms with Crippen LogP contribution in [0.4, 0.5) is 10.1 Å². The SMILES string of the molecule is C[NH+](C)CCCN(CCC[NH+](C)C)C(=S)Nc1ccc(F)cc1. The lowest BCUT2D eigenvalue weighted by atomic mass is 10.3. The highest BCUT2D eigenvalue weighted by Gasteiger charge is 2.11. The zero-order valence-corrected chi connectivity index (χ0v) is 15.6. The first-order chi connectivity index (χ1) is 10.9. The number of hydrogen-bond acceptors (Lipinski definition) is 1. The summed E-state index contributed by atoms with van der Waals surface area (Å²) < 4.78 is 13.0. The molecular weight excluding hydrogens is 311 g/mol. The van der Waals surface area contributed by atoms with Crippen LogP contribution >= 0.6 is 12.2 Å². The van der Waals surface area contributed by atoms with Crippen molar-refractivity contribution >= 4 is 23.0 Å². The van der Waals surface area contributed by atoms with Crippen LogP contribution < -0.4 is 15.1 Å². The molecule has 0 bridgehead atoms. The van der Waals surface area contributed by atoms with Gasteiger partial charge in [0.2, 0.25) is 0 Å². The number of anilines is 1. The van der Waals surface area contributed by atoms with Crippen molar-refractivity contribution in [3.63, 3.8) is 0 Å². The first-order valence-corrected chi connectivity index (χ1v) is 8.69. The van der Waals surface area contributed by atoms with E-state index in [1.807, 2.05) is 0 Å². The number of quaternary nitrogens is 2. The van der Waals surface area contributed by atoms with Gasteiger partial charge in [0, 0.05) is 31.6 Å². The van der Waals surface area contributed by atoms with E-state index in [9.17, 15) is 4.39 Å². The molecule has 0 atom stereocenters. The van der Waals surface area contributed by atoms with Crippen LogP contribution in [0.15, 0.2) is 24.3 Å². The van der Waals surface area contributed by atoms with Crippen LogP contribution in [0.1, 0.15) is 12.8 Å². The molecule has 0 fully saturated rings. The minimum atomic E-state index is -0.235. The summed E-state index contributed by atoms with van der Waals surface area (Å²) in [7, 11) is 8.65. The normalized spacial score (nSPS) is 11.1. The smallest absolute Gasteiger partial charge is 0.173 e. The molecule has 3 N–H and O–H groups in total. The van der Waals surface area contributed by atoms with Crippen LogP contribution in [0.25, 0.3) is 0 Å². The average Bonchev–Trinajstić information content (AvgIpc) is 2.47. The Kier molecular flexibility index (Phi) is 9.06. The summed E-state index contributed by atoms with van der Waals surface area (Å²) in [4.78, 5) is 5.12. The third-order valence-corrected chi connectivity index (χ3v) is 3.95. The number of benzene rings is 1. The quantitative estimate of drug-likeness (QED) is 0.546. The molecule has 0 unspecified atom stereocenters. The van der Waals surface area contributed by atoms with Crippen molar-refractivity contribution in [3.05, 3.63) is 30.1 Å². The summed E-state index contributed by atoms with van der Waals surface area (Å²) in [6, 6.07) is 6.32. The standard InChI is InChI=1S/C17H29FN4S/c1-20(2)11-5-13-22(14-6-12-21(3)4)17(23)19-16-9-7-15(18)8-10-16/h7-10H,5-6,11-14H2,1-4H3,(H,19,23)/p+2. The number of rotatable bonds is 9. The van der Waals surface area contributed by atoms with Gasteiger partial charge in [0.05, 0.1) is 41.3 Å². The molecule has 0 saturated carbocycles. The van der Waals surface area contributed by atoms with Crippen LogP contribution in [0.5, 0.6) is 0 Å². The van der Waals surface area contributed by atoms with E-state index in [0.29, 0.717) is 0 Å². The summed E-state index contributed by atoms with van der Waals surface area (Å²) in [6.07, 6.45) is 2.20. The summed E-state index contributed by atoms with van der Waals surface area (Å²) in [5, 5.41) is 3.94. The fraction of sp³-hybridized carbons (Fsp3) is 0.588. The van der Waals surface area contributed by atoms with Crippen LogP contribution in [-0.2, 0) is 0 Å². The third kappa shape index (κ3) is 8.83. The molecule has 0 aliphatic rings. The first kappa shape index (κ1) is 19.8. The summed E-state index contributed by atoms with van der Waals surface area (Å²) in [5.74, 6) is -0.235. The molecule has 0 radical (unpaired) electrons. The maximum absolute atomic E-state index is 13.0. The van der Waals surface area contributed by atoms with E-state index < -0.39 is 0 Å². The Labute approximate surface area is 145 Å². The molecule has 1 aromatic carbocycles. The molecule has 0 spiro atoms. The maximum Gasteiger partial charge on any atom is 0.173 e. The minimum Gasteiger partial charge on any atom is -0.349 e. The van der Waals surface area contributed by atoms with Crippen molar-refractivity contribution in [2.45, 2.75) is 12.8 Å². The summed E-state index contributed by atoms with van der Waals surface area (Å²) in [6.45, 7) is 4.13. The van der Waals surface area contributed by atoms with Gasteiger partial charge in [-0.15, -0.1) is 0 Å². The van der Waals surface area contributed by atoms with Crippen LogP contribution in [0.3, 0.4) is 0 Å². The fourth-order valence-corrected chi connectivity index (χ4v) is 2.60. The average molecular weight is 343 g/mol. The van der Waals surface area contributed by atoms with Gasteiger partial charge in [-0.05, 0) is 36.5 Å². The van der Waals surface area contributed by atoms with Gasteiger partial charge < -0.3 is 20.0 Å². The van der Waals surface area contributed by atoms with Gasteiger partial charge in [-0.25, -0.2) is 4.39 Å². The summed E-state index contributed by atoms with van der Waals surface area (Å²) in [5.41, 5.74) is 0.831. The lowest BCUT2D eigenvalue weighted by Gasteiger charge is -2.26. The van der Waals surface area contributed by atoms with Gasteiger partial charge in [0.25, 0.3) is 0 Å². The van der Waals surface area contributed by atoms with Crippen molar-refractivity contribution < 1.29 is 14.2 Å². The largest absolute Gasteiger partial charge is 0.349 e. The molecule has 0 aromatic heterocycles. The predicted octanol–water partition coefficient (Wildman–Crippen LogP) is -0.106. The van der Waals surface area contributed by atoms with Crippen molar-refractivity contribution in [3.8, 4) is 0 Å². The Morgan fingerprint density at radius 3 is 1.91 bits per heavy atom. The number of nitrogens with one attached hydrogen (secondary N) is 3. The van der Waals surface area contributed by atoms with Gasteiger partial charge >= 0.3 is 0 Å². The lowest BCUT2D eigenvalue weighted by molar-refractivity contribution is -0.858. The second kappa shape index (κ2) is 10.5. The highest BCUT2D eigenvalue weighted by molar-refractivity contribution is 7.80. The Balaban J connectivity index is 2.56. The molecule has 0 heterocycles. The number of thiocarbonyl (C=S) groups is 1. The number of halogens is 1. The van der Waals surface area contributed by atoms with Crippen molar-refractivity contribution in [2.24, 2.45) is 0 Å².